The predicted octanol–water partition coefficient (Wildman–Crippen LogP) is 1.04. The predicted molar refractivity (Wildman–Crippen MR) is 72.1 cm³/mol. The summed E-state index contributed by atoms with van der Waals surface area (Å²) in [5.74, 6) is -0.687. The maximum Gasteiger partial charge on any atom is 0.243 e. The molecule has 2 aromatic rings. The standard InChI is InChI=1S/C12H14FN3O4S/c1-19-10-3-9(13)12(4-11(10)20-2)21(17,18)16-6-8-5-14-7-15-8/h3-5,7,16H,6H2,1-2H3,(H,14,15). The van der Waals surface area contributed by atoms with Crippen molar-refractivity contribution in [2.45, 2.75) is 11.4 Å². The summed E-state index contributed by atoms with van der Waals surface area (Å²) in [4.78, 5) is 5.99. The lowest BCUT2D eigenvalue weighted by Crippen LogP contribution is -2.24. The summed E-state index contributed by atoms with van der Waals surface area (Å²) in [6, 6.07) is 2.03. The van der Waals surface area contributed by atoms with Gasteiger partial charge in [-0.3, -0.25) is 0 Å². The molecule has 0 aliphatic heterocycles. The van der Waals surface area contributed by atoms with E-state index < -0.39 is 20.7 Å². The van der Waals surface area contributed by atoms with Gasteiger partial charge < -0.3 is 14.5 Å². The highest BCUT2D eigenvalue weighted by molar-refractivity contribution is 7.89. The average Bonchev–Trinajstić information content (AvgIpc) is 2.98. The molecule has 1 aromatic heterocycles. The Morgan fingerprint density at radius 3 is 2.52 bits per heavy atom. The van der Waals surface area contributed by atoms with Crippen LogP contribution < -0.4 is 14.2 Å². The van der Waals surface area contributed by atoms with Gasteiger partial charge in [-0.15, -0.1) is 0 Å². The lowest BCUT2D eigenvalue weighted by molar-refractivity contribution is 0.350. The average molecular weight is 315 g/mol. The number of H-pyrrole nitrogens is 1. The Morgan fingerprint density at radius 2 is 1.95 bits per heavy atom. The molecule has 1 heterocycles. The van der Waals surface area contributed by atoms with E-state index in [1.807, 2.05) is 0 Å². The van der Waals surface area contributed by atoms with Crippen LogP contribution in [0.2, 0.25) is 0 Å². The fourth-order valence-electron chi connectivity index (χ4n) is 1.67. The monoisotopic (exact) mass is 315 g/mol. The first-order chi connectivity index (χ1) is 9.97. The topological polar surface area (TPSA) is 93.3 Å². The number of hydrogen-bond donors (Lipinski definition) is 2. The van der Waals surface area contributed by atoms with Crippen LogP contribution in [-0.2, 0) is 16.6 Å². The second-order valence-corrected chi connectivity index (χ2v) is 5.77. The highest BCUT2D eigenvalue weighted by Crippen LogP contribution is 2.31. The normalized spacial score (nSPS) is 11.4. The summed E-state index contributed by atoms with van der Waals surface area (Å²) in [7, 11) is -1.36. The number of sulfonamides is 1. The van der Waals surface area contributed by atoms with Gasteiger partial charge in [0.05, 0.1) is 27.1 Å². The summed E-state index contributed by atoms with van der Waals surface area (Å²) in [5.41, 5.74) is 0.555. The molecular formula is C12H14FN3O4S. The third-order valence-electron chi connectivity index (χ3n) is 2.74. The molecule has 2 rings (SSSR count). The van der Waals surface area contributed by atoms with E-state index in [1.54, 1.807) is 0 Å². The number of aromatic nitrogens is 2. The van der Waals surface area contributed by atoms with Crippen molar-refractivity contribution < 1.29 is 22.3 Å². The molecule has 0 atom stereocenters. The van der Waals surface area contributed by atoms with Crippen molar-refractivity contribution in [3.8, 4) is 11.5 Å². The number of hydrogen-bond acceptors (Lipinski definition) is 5. The first kappa shape index (κ1) is 15.3. The molecule has 0 spiro atoms. The van der Waals surface area contributed by atoms with Crippen LogP contribution in [0.25, 0.3) is 0 Å². The van der Waals surface area contributed by atoms with Gasteiger partial charge in [-0.2, -0.15) is 0 Å². The molecule has 7 nitrogen and oxygen atoms in total. The molecule has 1 aromatic carbocycles. The molecule has 0 aliphatic carbocycles. The van der Waals surface area contributed by atoms with Gasteiger partial charge in [0, 0.05) is 24.0 Å². The van der Waals surface area contributed by atoms with Crippen LogP contribution in [0.15, 0.2) is 29.6 Å². The minimum atomic E-state index is -4.03. The minimum Gasteiger partial charge on any atom is -0.493 e. The smallest absolute Gasteiger partial charge is 0.243 e. The zero-order valence-corrected chi connectivity index (χ0v) is 12.2. The first-order valence-corrected chi connectivity index (χ1v) is 7.34. The van der Waals surface area contributed by atoms with Crippen molar-refractivity contribution in [2.24, 2.45) is 0 Å². The Morgan fingerprint density at radius 1 is 1.29 bits per heavy atom. The summed E-state index contributed by atoms with van der Waals surface area (Å²) >= 11 is 0. The van der Waals surface area contributed by atoms with Crippen molar-refractivity contribution in [1.82, 2.24) is 14.7 Å². The van der Waals surface area contributed by atoms with Gasteiger partial charge >= 0.3 is 0 Å². The van der Waals surface area contributed by atoms with Crippen molar-refractivity contribution in [3.63, 3.8) is 0 Å². The van der Waals surface area contributed by atoms with Gasteiger partial charge in [-0.25, -0.2) is 22.5 Å². The lowest BCUT2D eigenvalue weighted by Gasteiger charge is -2.11. The second-order valence-electron chi connectivity index (χ2n) is 4.04. The Hall–Kier alpha value is -2.13. The Bertz CT molecular complexity index is 716. The van der Waals surface area contributed by atoms with Gasteiger partial charge in [-0.05, 0) is 0 Å². The largest absolute Gasteiger partial charge is 0.493 e. The molecule has 9 heteroatoms. The number of ether oxygens (including phenoxy) is 2. The molecule has 114 valence electrons. The molecule has 0 radical (unpaired) electrons. The third-order valence-corrected chi connectivity index (χ3v) is 4.15. The number of methoxy groups -OCH3 is 2. The summed E-state index contributed by atoms with van der Waals surface area (Å²) < 4.78 is 50.4. The lowest BCUT2D eigenvalue weighted by atomic mass is 10.3. The van der Waals surface area contributed by atoms with E-state index in [9.17, 15) is 12.8 Å². The van der Waals surface area contributed by atoms with Crippen LogP contribution in [0.1, 0.15) is 5.69 Å². The van der Waals surface area contributed by atoms with Crippen LogP contribution in [-0.4, -0.2) is 32.6 Å². The van der Waals surface area contributed by atoms with E-state index in [0.717, 1.165) is 12.1 Å². The van der Waals surface area contributed by atoms with E-state index in [1.165, 1.54) is 26.7 Å². The van der Waals surface area contributed by atoms with E-state index in [2.05, 4.69) is 14.7 Å². The maximum atomic E-state index is 13.9. The Kier molecular flexibility index (Phi) is 4.43. The third kappa shape index (κ3) is 3.31. The van der Waals surface area contributed by atoms with E-state index >= 15 is 0 Å². The zero-order valence-electron chi connectivity index (χ0n) is 11.4. The molecule has 0 bridgehead atoms. The molecule has 2 N–H and O–H groups in total. The van der Waals surface area contributed by atoms with Crippen molar-refractivity contribution in [3.05, 3.63) is 36.2 Å². The SMILES string of the molecule is COc1cc(F)c(S(=O)(=O)NCc2cnc[nH]2)cc1OC. The van der Waals surface area contributed by atoms with Crippen molar-refractivity contribution in [2.75, 3.05) is 14.2 Å². The number of aromatic amines is 1. The Labute approximate surface area is 121 Å². The molecular weight excluding hydrogens is 301 g/mol. The minimum absolute atomic E-state index is 0.0316. The molecule has 0 amide bonds. The number of imidazole rings is 1. The van der Waals surface area contributed by atoms with Gasteiger partial charge in [0.25, 0.3) is 0 Å². The molecule has 0 fully saturated rings. The summed E-state index contributed by atoms with van der Waals surface area (Å²) in [6.45, 7) is -0.0316. The fraction of sp³-hybridized carbons (Fsp3) is 0.250. The summed E-state index contributed by atoms with van der Waals surface area (Å²) in [6.07, 6.45) is 2.88. The van der Waals surface area contributed by atoms with E-state index in [4.69, 9.17) is 9.47 Å². The second kappa shape index (κ2) is 6.10. The van der Waals surface area contributed by atoms with Crippen LogP contribution in [0, 0.1) is 5.82 Å². The quantitative estimate of drug-likeness (QED) is 0.831. The van der Waals surface area contributed by atoms with Gasteiger partial charge in [0.2, 0.25) is 10.0 Å². The summed E-state index contributed by atoms with van der Waals surface area (Å²) in [5, 5.41) is 0. The molecule has 0 unspecified atom stereocenters. The number of halogens is 1. The highest BCUT2D eigenvalue weighted by Gasteiger charge is 2.22. The molecule has 0 aliphatic rings. The van der Waals surface area contributed by atoms with Crippen LogP contribution >= 0.6 is 0 Å². The number of nitrogens with zero attached hydrogens (tertiary/aromatic N) is 1. The zero-order chi connectivity index (χ0) is 15.5. The van der Waals surface area contributed by atoms with Gasteiger partial charge in [0.15, 0.2) is 11.5 Å². The number of nitrogens with one attached hydrogen (secondary N) is 2. The number of rotatable bonds is 6. The highest BCUT2D eigenvalue weighted by atomic mass is 32.2. The molecule has 21 heavy (non-hydrogen) atoms. The maximum absolute atomic E-state index is 13.9. The van der Waals surface area contributed by atoms with Crippen LogP contribution in [0.5, 0.6) is 11.5 Å². The van der Waals surface area contributed by atoms with E-state index in [-0.39, 0.29) is 18.0 Å². The van der Waals surface area contributed by atoms with Crippen molar-refractivity contribution >= 4 is 10.0 Å². The Balaban J connectivity index is 2.31. The van der Waals surface area contributed by atoms with Crippen LogP contribution in [0.3, 0.4) is 0 Å². The fourth-order valence-corrected chi connectivity index (χ4v) is 2.75. The van der Waals surface area contributed by atoms with E-state index in [0.29, 0.717) is 5.69 Å². The molecule has 0 saturated carbocycles. The number of benzene rings is 1. The van der Waals surface area contributed by atoms with Gasteiger partial charge in [0.1, 0.15) is 10.7 Å². The molecule has 0 saturated heterocycles. The first-order valence-electron chi connectivity index (χ1n) is 5.86. The van der Waals surface area contributed by atoms with Crippen molar-refractivity contribution in [1.29, 1.82) is 0 Å². The van der Waals surface area contributed by atoms with Gasteiger partial charge in [-0.1, -0.05) is 0 Å². The van der Waals surface area contributed by atoms with Crippen LogP contribution in [0.4, 0.5) is 4.39 Å².